The third kappa shape index (κ3) is 6.09. The number of rotatable bonds is 9. The van der Waals surface area contributed by atoms with Crippen molar-refractivity contribution in [2.45, 2.75) is 64.0 Å². The molecule has 30 heavy (non-hydrogen) atoms. The number of carbonyl (C=O) groups excluding carboxylic acids is 2. The van der Waals surface area contributed by atoms with E-state index in [0.29, 0.717) is 24.4 Å². The highest BCUT2D eigenvalue weighted by molar-refractivity contribution is 6.31. The molecule has 1 aliphatic rings. The molecule has 1 fully saturated rings. The zero-order chi connectivity index (χ0) is 21.3. The third-order valence-corrected chi connectivity index (χ3v) is 6.24. The van der Waals surface area contributed by atoms with Gasteiger partial charge < -0.3 is 10.2 Å². The van der Waals surface area contributed by atoms with Gasteiger partial charge in [0.15, 0.2) is 0 Å². The molecule has 0 heterocycles. The second kappa shape index (κ2) is 11.2. The van der Waals surface area contributed by atoms with Gasteiger partial charge in [0.2, 0.25) is 11.8 Å². The van der Waals surface area contributed by atoms with Crippen molar-refractivity contribution >= 4 is 23.4 Å². The van der Waals surface area contributed by atoms with Gasteiger partial charge in [0.25, 0.3) is 0 Å². The molecule has 0 radical (unpaired) electrons. The van der Waals surface area contributed by atoms with Crippen LogP contribution in [-0.4, -0.2) is 35.3 Å². The van der Waals surface area contributed by atoms with Crippen LogP contribution in [0, 0.1) is 0 Å². The van der Waals surface area contributed by atoms with Crippen molar-refractivity contribution < 1.29 is 9.59 Å². The summed E-state index contributed by atoms with van der Waals surface area (Å²) >= 11 is 6.29. The molecule has 0 bridgehead atoms. The largest absolute Gasteiger partial charge is 0.352 e. The third-order valence-electron chi connectivity index (χ3n) is 5.87. The monoisotopic (exact) mass is 426 g/mol. The zero-order valence-corrected chi connectivity index (χ0v) is 18.4. The first kappa shape index (κ1) is 22.4. The summed E-state index contributed by atoms with van der Waals surface area (Å²) in [7, 11) is 0. The molecule has 4 nitrogen and oxygen atoms in total. The van der Waals surface area contributed by atoms with Crippen LogP contribution in [0.3, 0.4) is 0 Å². The van der Waals surface area contributed by atoms with Gasteiger partial charge in [-0.15, -0.1) is 0 Å². The minimum absolute atomic E-state index is 0.0371. The number of hydrogen-bond acceptors (Lipinski definition) is 2. The number of benzene rings is 2. The van der Waals surface area contributed by atoms with Crippen molar-refractivity contribution in [1.29, 1.82) is 0 Å². The van der Waals surface area contributed by atoms with E-state index in [1.54, 1.807) is 11.0 Å². The molecule has 0 spiro atoms. The van der Waals surface area contributed by atoms with Gasteiger partial charge in [-0.2, -0.15) is 0 Å². The number of nitrogens with one attached hydrogen (secondary N) is 1. The molecule has 5 heteroatoms. The lowest BCUT2D eigenvalue weighted by molar-refractivity contribution is -0.140. The van der Waals surface area contributed by atoms with Crippen LogP contribution >= 0.6 is 11.6 Å². The van der Waals surface area contributed by atoms with Crippen LogP contribution in [0.2, 0.25) is 5.02 Å². The normalized spacial score (nSPS) is 15.0. The molecule has 160 valence electrons. The summed E-state index contributed by atoms with van der Waals surface area (Å²) in [5.74, 6) is -0.0996. The molecule has 1 unspecified atom stereocenters. The average molecular weight is 427 g/mol. The van der Waals surface area contributed by atoms with E-state index in [9.17, 15) is 9.59 Å². The Balaban J connectivity index is 1.76. The maximum Gasteiger partial charge on any atom is 0.243 e. The van der Waals surface area contributed by atoms with Crippen LogP contribution in [0.5, 0.6) is 0 Å². The van der Waals surface area contributed by atoms with Crippen LogP contribution in [0.1, 0.15) is 50.2 Å². The lowest BCUT2D eigenvalue weighted by atomic mass is 10.1. The minimum Gasteiger partial charge on any atom is -0.352 e. The van der Waals surface area contributed by atoms with Crippen LogP contribution < -0.4 is 5.32 Å². The van der Waals surface area contributed by atoms with E-state index >= 15 is 0 Å². The van der Waals surface area contributed by atoms with Gasteiger partial charge in [0, 0.05) is 17.6 Å². The Bertz CT molecular complexity index is 834. The average Bonchev–Trinajstić information content (AvgIpc) is 3.26. The van der Waals surface area contributed by atoms with E-state index in [4.69, 9.17) is 11.6 Å². The van der Waals surface area contributed by atoms with E-state index in [2.05, 4.69) is 17.4 Å². The topological polar surface area (TPSA) is 49.4 Å². The molecule has 2 aromatic carbocycles. The molecular weight excluding hydrogens is 396 g/mol. The molecule has 1 saturated carbocycles. The van der Waals surface area contributed by atoms with Crippen molar-refractivity contribution in [1.82, 2.24) is 10.2 Å². The molecule has 1 N–H and O–H groups in total. The number of nitrogens with zero attached hydrogens (tertiary/aromatic N) is 1. The molecule has 1 atom stereocenters. The van der Waals surface area contributed by atoms with Gasteiger partial charge in [-0.05, 0) is 42.9 Å². The van der Waals surface area contributed by atoms with Crippen molar-refractivity contribution in [3.8, 4) is 0 Å². The first-order valence-electron chi connectivity index (χ1n) is 11.0. The number of amides is 2. The highest BCUT2D eigenvalue weighted by Gasteiger charge is 2.30. The van der Waals surface area contributed by atoms with E-state index < -0.39 is 6.04 Å². The van der Waals surface area contributed by atoms with Crippen LogP contribution in [-0.2, 0) is 22.4 Å². The first-order chi connectivity index (χ1) is 14.6. The summed E-state index contributed by atoms with van der Waals surface area (Å²) in [5, 5.41) is 3.76. The fourth-order valence-electron chi connectivity index (χ4n) is 4.17. The van der Waals surface area contributed by atoms with E-state index in [1.165, 1.54) is 0 Å². The predicted molar refractivity (Wildman–Crippen MR) is 121 cm³/mol. The second-order valence-electron chi connectivity index (χ2n) is 8.00. The highest BCUT2D eigenvalue weighted by atomic mass is 35.5. The van der Waals surface area contributed by atoms with Crippen molar-refractivity contribution in [3.05, 3.63) is 70.7 Å². The Morgan fingerprint density at radius 1 is 1.07 bits per heavy atom. The van der Waals surface area contributed by atoms with Gasteiger partial charge in [-0.3, -0.25) is 9.59 Å². The van der Waals surface area contributed by atoms with Gasteiger partial charge >= 0.3 is 0 Å². The van der Waals surface area contributed by atoms with Crippen LogP contribution in [0.4, 0.5) is 0 Å². The Morgan fingerprint density at radius 3 is 2.40 bits per heavy atom. The number of halogens is 1. The number of hydrogen-bond donors (Lipinski definition) is 1. The Morgan fingerprint density at radius 2 is 1.73 bits per heavy atom. The molecule has 2 amide bonds. The maximum atomic E-state index is 13.3. The molecular formula is C25H31ClN2O2. The summed E-state index contributed by atoms with van der Waals surface area (Å²) in [6, 6.07) is 17.2. The molecule has 1 aliphatic carbocycles. The molecule has 0 saturated heterocycles. The SMILES string of the molecule is CCC(C(=O)NC1CCCC1)N(CCc1ccccc1)C(=O)Cc1ccccc1Cl. The lowest BCUT2D eigenvalue weighted by Gasteiger charge is -2.31. The fourth-order valence-corrected chi connectivity index (χ4v) is 4.37. The maximum absolute atomic E-state index is 13.3. The highest BCUT2D eigenvalue weighted by Crippen LogP contribution is 2.20. The van der Waals surface area contributed by atoms with Gasteiger partial charge in [-0.25, -0.2) is 0 Å². The lowest BCUT2D eigenvalue weighted by Crippen LogP contribution is -2.52. The van der Waals surface area contributed by atoms with Crippen molar-refractivity contribution in [3.63, 3.8) is 0 Å². The van der Waals surface area contributed by atoms with E-state index in [-0.39, 0.29) is 24.3 Å². The van der Waals surface area contributed by atoms with E-state index in [0.717, 1.165) is 36.8 Å². The standard InChI is InChI=1S/C25H31ClN2O2/c1-2-23(25(30)27-21-13-7-8-14-21)28(17-16-19-10-4-3-5-11-19)24(29)18-20-12-6-9-15-22(20)26/h3-6,9-12,15,21,23H,2,7-8,13-14,16-18H2,1H3,(H,27,30). The molecule has 3 rings (SSSR count). The van der Waals surface area contributed by atoms with Gasteiger partial charge in [-0.1, -0.05) is 79.9 Å². The fraction of sp³-hybridized carbons (Fsp3) is 0.440. The van der Waals surface area contributed by atoms with Crippen LogP contribution in [0.25, 0.3) is 0 Å². The van der Waals surface area contributed by atoms with Gasteiger partial charge in [0.1, 0.15) is 6.04 Å². The first-order valence-corrected chi connectivity index (χ1v) is 11.3. The molecule has 0 aromatic heterocycles. The van der Waals surface area contributed by atoms with Gasteiger partial charge in [0.05, 0.1) is 6.42 Å². The summed E-state index contributed by atoms with van der Waals surface area (Å²) < 4.78 is 0. The quantitative estimate of drug-likeness (QED) is 0.626. The summed E-state index contributed by atoms with van der Waals surface area (Å²) in [6.45, 7) is 2.47. The second-order valence-corrected chi connectivity index (χ2v) is 8.41. The predicted octanol–water partition coefficient (Wildman–Crippen LogP) is 4.79. The van der Waals surface area contributed by atoms with E-state index in [1.807, 2.05) is 43.3 Å². The molecule has 0 aliphatic heterocycles. The van der Waals surface area contributed by atoms with Crippen molar-refractivity contribution in [2.75, 3.05) is 6.54 Å². The molecule has 2 aromatic rings. The Hall–Kier alpha value is -2.33. The van der Waals surface area contributed by atoms with Crippen molar-refractivity contribution in [2.24, 2.45) is 0 Å². The summed E-state index contributed by atoms with van der Waals surface area (Å²) in [5.41, 5.74) is 1.94. The van der Waals surface area contributed by atoms with Crippen LogP contribution in [0.15, 0.2) is 54.6 Å². The Labute approximate surface area is 184 Å². The number of carbonyl (C=O) groups is 2. The Kier molecular flexibility index (Phi) is 8.32. The summed E-state index contributed by atoms with van der Waals surface area (Å²) in [4.78, 5) is 28.1. The minimum atomic E-state index is -0.468. The summed E-state index contributed by atoms with van der Waals surface area (Å²) in [6.07, 6.45) is 5.86. The zero-order valence-electron chi connectivity index (χ0n) is 17.6. The smallest absolute Gasteiger partial charge is 0.243 e.